The Bertz CT molecular complexity index is 324. The molecule has 0 spiro atoms. The van der Waals surface area contributed by atoms with Crippen molar-refractivity contribution in [1.82, 2.24) is 4.98 Å². The molecule has 0 aromatic carbocycles. The van der Waals surface area contributed by atoms with E-state index in [0.717, 1.165) is 18.3 Å². The third-order valence-electron chi connectivity index (χ3n) is 1.66. The second-order valence-electron chi connectivity index (χ2n) is 2.78. The Balaban J connectivity index is 3.03. The zero-order chi connectivity index (χ0) is 11.7. The van der Waals surface area contributed by atoms with E-state index in [1.54, 1.807) is 0 Å². The minimum absolute atomic E-state index is 0.717. The van der Waals surface area contributed by atoms with Crippen LogP contribution in [-0.4, -0.2) is 22.4 Å². The molecule has 0 aliphatic heterocycles. The molecule has 1 unspecified atom stereocenters. The fraction of sp³-hybridized carbons (Fsp3) is 0.375. The van der Waals surface area contributed by atoms with E-state index in [1.807, 2.05) is 0 Å². The predicted molar refractivity (Wildman–Crippen MR) is 40.2 cm³/mol. The summed E-state index contributed by atoms with van der Waals surface area (Å²) in [6.07, 6.45) is -8.22. The van der Waals surface area contributed by atoms with E-state index in [4.69, 9.17) is 5.11 Å². The number of rotatable bonds is 2. The monoisotopic (exact) mass is 227 g/mol. The molecule has 7 heteroatoms. The highest BCUT2D eigenvalue weighted by Crippen LogP contribution is 2.38. The van der Waals surface area contributed by atoms with Crippen molar-refractivity contribution in [3.63, 3.8) is 0 Å². The number of alkyl halides is 5. The molecule has 84 valence electrons. The van der Waals surface area contributed by atoms with E-state index >= 15 is 0 Å². The van der Waals surface area contributed by atoms with Crippen molar-refractivity contribution in [2.75, 3.05) is 0 Å². The summed E-state index contributed by atoms with van der Waals surface area (Å²) in [5.41, 5.74) is -1.12. The average molecular weight is 227 g/mol. The normalized spacial score (nSPS) is 15.1. The third kappa shape index (κ3) is 2.41. The summed E-state index contributed by atoms with van der Waals surface area (Å²) in [7, 11) is 0. The maximum atomic E-state index is 13.0. The lowest BCUT2D eigenvalue weighted by atomic mass is 10.1. The van der Waals surface area contributed by atoms with E-state index in [0.29, 0.717) is 0 Å². The quantitative estimate of drug-likeness (QED) is 0.785. The van der Waals surface area contributed by atoms with Gasteiger partial charge in [-0.1, -0.05) is 6.07 Å². The molecule has 0 radical (unpaired) electrons. The van der Waals surface area contributed by atoms with Gasteiger partial charge in [-0.15, -0.1) is 0 Å². The van der Waals surface area contributed by atoms with Crippen LogP contribution in [0.2, 0.25) is 0 Å². The second kappa shape index (κ2) is 3.73. The van der Waals surface area contributed by atoms with Crippen LogP contribution in [0.15, 0.2) is 24.4 Å². The van der Waals surface area contributed by atoms with Crippen LogP contribution < -0.4 is 0 Å². The Morgan fingerprint density at radius 2 is 1.73 bits per heavy atom. The van der Waals surface area contributed by atoms with E-state index in [1.165, 1.54) is 6.07 Å². The largest absolute Gasteiger partial charge is 0.420 e. The van der Waals surface area contributed by atoms with Crippen LogP contribution in [0.25, 0.3) is 0 Å². The summed E-state index contributed by atoms with van der Waals surface area (Å²) < 4.78 is 61.6. The number of hydrogen-bond acceptors (Lipinski definition) is 2. The van der Waals surface area contributed by atoms with Gasteiger partial charge in [-0.3, -0.25) is 4.98 Å². The van der Waals surface area contributed by atoms with Gasteiger partial charge in [-0.05, 0) is 12.1 Å². The van der Waals surface area contributed by atoms with Gasteiger partial charge in [0.2, 0.25) is 6.10 Å². The van der Waals surface area contributed by atoms with Crippen molar-refractivity contribution in [3.8, 4) is 0 Å². The summed E-state index contributed by atoms with van der Waals surface area (Å²) in [5.74, 6) is -4.44. The maximum Gasteiger partial charge on any atom is 0.420 e. The molecule has 1 atom stereocenters. The Labute approximate surface area is 81.4 Å². The maximum absolute atomic E-state index is 13.0. The zero-order valence-electron chi connectivity index (χ0n) is 7.17. The molecule has 1 aromatic heterocycles. The second-order valence-corrected chi connectivity index (χ2v) is 2.78. The van der Waals surface area contributed by atoms with E-state index in [-0.39, 0.29) is 0 Å². The van der Waals surface area contributed by atoms with Crippen LogP contribution in [0.1, 0.15) is 5.69 Å². The molecule has 1 aromatic rings. The Hall–Kier alpha value is -1.24. The zero-order valence-corrected chi connectivity index (χ0v) is 7.17. The van der Waals surface area contributed by atoms with Gasteiger partial charge < -0.3 is 5.11 Å². The fourth-order valence-electron chi connectivity index (χ4n) is 0.906. The SMILES string of the molecule is OC(C(F)(F)F)C(F)(F)c1ccccn1. The first-order chi connectivity index (χ1) is 6.76. The summed E-state index contributed by atoms with van der Waals surface area (Å²) in [6, 6.07) is 3.11. The molecule has 1 heterocycles. The number of aliphatic hydroxyl groups excluding tert-OH is 1. The molecular formula is C8H6F5NO. The smallest absolute Gasteiger partial charge is 0.378 e. The van der Waals surface area contributed by atoms with Gasteiger partial charge >= 0.3 is 12.1 Å². The van der Waals surface area contributed by atoms with Crippen LogP contribution in [0.3, 0.4) is 0 Å². The lowest BCUT2D eigenvalue weighted by molar-refractivity contribution is -0.274. The highest BCUT2D eigenvalue weighted by atomic mass is 19.4. The van der Waals surface area contributed by atoms with Crippen molar-refractivity contribution in [2.24, 2.45) is 0 Å². The van der Waals surface area contributed by atoms with Gasteiger partial charge in [0, 0.05) is 6.20 Å². The Kier molecular flexibility index (Phi) is 2.94. The van der Waals surface area contributed by atoms with Gasteiger partial charge in [-0.2, -0.15) is 22.0 Å². The minimum atomic E-state index is -5.39. The van der Waals surface area contributed by atoms with Crippen LogP contribution in [0.5, 0.6) is 0 Å². The molecule has 0 aliphatic rings. The van der Waals surface area contributed by atoms with Gasteiger partial charge in [-0.25, -0.2) is 0 Å². The first kappa shape index (κ1) is 11.8. The number of nitrogens with zero attached hydrogens (tertiary/aromatic N) is 1. The highest BCUT2D eigenvalue weighted by molar-refractivity contribution is 5.12. The lowest BCUT2D eigenvalue weighted by Gasteiger charge is -2.23. The molecule has 0 fully saturated rings. The number of halogens is 5. The van der Waals surface area contributed by atoms with Crippen LogP contribution >= 0.6 is 0 Å². The Morgan fingerprint density at radius 3 is 2.13 bits per heavy atom. The molecule has 0 aliphatic carbocycles. The summed E-state index contributed by atoms with van der Waals surface area (Å²) in [5, 5.41) is 8.45. The first-order valence-electron chi connectivity index (χ1n) is 3.80. The fourth-order valence-corrected chi connectivity index (χ4v) is 0.906. The van der Waals surface area contributed by atoms with Crippen molar-refractivity contribution in [3.05, 3.63) is 30.1 Å². The molecule has 0 bridgehead atoms. The minimum Gasteiger partial charge on any atom is -0.378 e. The number of aromatic nitrogens is 1. The standard InChI is InChI=1S/C8H6F5NO/c9-7(10,6(15)8(11,12)13)5-3-1-2-4-14-5/h1-4,6,15H. The average Bonchev–Trinajstić information content (AvgIpc) is 2.16. The molecule has 2 nitrogen and oxygen atoms in total. The van der Waals surface area contributed by atoms with Crippen molar-refractivity contribution in [2.45, 2.75) is 18.2 Å². The van der Waals surface area contributed by atoms with Gasteiger partial charge in [0.15, 0.2) is 0 Å². The number of hydrogen-bond donors (Lipinski definition) is 1. The van der Waals surface area contributed by atoms with Crippen LogP contribution in [-0.2, 0) is 5.92 Å². The first-order valence-corrected chi connectivity index (χ1v) is 3.80. The summed E-state index contributed by atoms with van der Waals surface area (Å²) >= 11 is 0. The third-order valence-corrected chi connectivity index (χ3v) is 1.66. The van der Waals surface area contributed by atoms with E-state index in [2.05, 4.69) is 4.98 Å². The molecule has 1 rings (SSSR count). The molecule has 15 heavy (non-hydrogen) atoms. The van der Waals surface area contributed by atoms with Gasteiger partial charge in [0.05, 0.1) is 0 Å². The van der Waals surface area contributed by atoms with E-state index < -0.39 is 23.9 Å². The van der Waals surface area contributed by atoms with Crippen LogP contribution in [0.4, 0.5) is 22.0 Å². The van der Waals surface area contributed by atoms with Crippen LogP contribution in [0, 0.1) is 0 Å². The topological polar surface area (TPSA) is 33.1 Å². The molecule has 0 saturated carbocycles. The molecule has 0 saturated heterocycles. The highest BCUT2D eigenvalue weighted by Gasteiger charge is 2.56. The molecule has 1 N–H and O–H groups in total. The molecular weight excluding hydrogens is 221 g/mol. The lowest BCUT2D eigenvalue weighted by Crippen LogP contribution is -2.43. The number of aliphatic hydroxyl groups is 1. The van der Waals surface area contributed by atoms with Crippen molar-refractivity contribution in [1.29, 1.82) is 0 Å². The van der Waals surface area contributed by atoms with Gasteiger partial charge in [0.25, 0.3) is 0 Å². The number of pyridine rings is 1. The van der Waals surface area contributed by atoms with Gasteiger partial charge in [0.1, 0.15) is 5.69 Å². The Morgan fingerprint density at radius 1 is 1.13 bits per heavy atom. The summed E-state index contributed by atoms with van der Waals surface area (Å²) in [6.45, 7) is 0. The van der Waals surface area contributed by atoms with Crippen molar-refractivity contribution >= 4 is 0 Å². The summed E-state index contributed by atoms with van der Waals surface area (Å²) in [4.78, 5) is 3.08. The predicted octanol–water partition coefficient (Wildman–Crippen LogP) is 2.10. The van der Waals surface area contributed by atoms with Crippen molar-refractivity contribution < 1.29 is 27.1 Å². The van der Waals surface area contributed by atoms with E-state index in [9.17, 15) is 22.0 Å². The molecule has 0 amide bonds.